The number of rotatable bonds is 3. The molecule has 118 valence electrons. The molecule has 1 unspecified atom stereocenters. The summed E-state index contributed by atoms with van der Waals surface area (Å²) in [6.07, 6.45) is 0.224. The second-order valence-electron chi connectivity index (χ2n) is 5.72. The van der Waals surface area contributed by atoms with Crippen LogP contribution in [0.5, 0.6) is 0 Å². The summed E-state index contributed by atoms with van der Waals surface area (Å²) in [6, 6.07) is 11.7. The second-order valence-corrected chi connectivity index (χ2v) is 6.09. The first-order valence-corrected chi connectivity index (χ1v) is 7.66. The van der Waals surface area contributed by atoms with Crippen LogP contribution in [0.15, 0.2) is 30.3 Å². The van der Waals surface area contributed by atoms with E-state index in [9.17, 15) is 4.39 Å². The van der Waals surface area contributed by atoms with Crippen molar-refractivity contribution in [1.82, 2.24) is 4.57 Å². The van der Waals surface area contributed by atoms with Crippen LogP contribution < -0.4 is 5.32 Å². The number of thiocarbonyl (C=S) groups is 1. The summed E-state index contributed by atoms with van der Waals surface area (Å²) in [6.45, 7) is 1.35. The Hall–Kier alpha value is -2.39. The summed E-state index contributed by atoms with van der Waals surface area (Å²) in [5, 5.41) is 12.4. The molecular weight excluding hydrogens is 313 g/mol. The summed E-state index contributed by atoms with van der Waals surface area (Å²) in [5.41, 5.74) is 3.33. The minimum absolute atomic E-state index is 0.224. The van der Waals surface area contributed by atoms with Gasteiger partial charge in [0, 0.05) is 30.4 Å². The van der Waals surface area contributed by atoms with Crippen LogP contribution in [0.25, 0.3) is 11.3 Å². The zero-order chi connectivity index (χ0) is 16.6. The summed E-state index contributed by atoms with van der Waals surface area (Å²) in [5.74, 6) is 0. The maximum absolute atomic E-state index is 13.0. The highest BCUT2D eigenvalue weighted by atomic mass is 32.1. The normalized spacial score (nSPS) is 19.5. The summed E-state index contributed by atoms with van der Waals surface area (Å²) in [7, 11) is 1.85. The summed E-state index contributed by atoms with van der Waals surface area (Å²) in [4.78, 5) is 0. The zero-order valence-corrected chi connectivity index (χ0v) is 13.7. The fourth-order valence-electron chi connectivity index (χ4n) is 2.92. The second kappa shape index (κ2) is 5.67. The number of alkyl halides is 1. The molecule has 0 saturated heterocycles. The van der Waals surface area contributed by atoms with Crippen molar-refractivity contribution in [3.8, 4) is 17.3 Å². The molecule has 0 fully saturated rings. The van der Waals surface area contributed by atoms with E-state index >= 15 is 0 Å². The minimum Gasteiger partial charge on any atom is -0.459 e. The fourth-order valence-corrected chi connectivity index (χ4v) is 3.22. The minimum atomic E-state index is -0.800. The van der Waals surface area contributed by atoms with Crippen molar-refractivity contribution in [3.63, 3.8) is 0 Å². The van der Waals surface area contributed by atoms with Crippen LogP contribution in [0.3, 0.4) is 0 Å². The Morgan fingerprint density at radius 3 is 2.83 bits per heavy atom. The van der Waals surface area contributed by atoms with Crippen molar-refractivity contribution in [2.24, 2.45) is 7.05 Å². The Balaban J connectivity index is 2.12. The number of nitrogens with one attached hydrogen (secondary N) is 1. The molecule has 4 nitrogen and oxygen atoms in total. The predicted octanol–water partition coefficient (Wildman–Crippen LogP) is 3.87. The average molecular weight is 329 g/mol. The Kier molecular flexibility index (Phi) is 3.82. The topological polar surface area (TPSA) is 50.0 Å². The van der Waals surface area contributed by atoms with Gasteiger partial charge in [0.1, 0.15) is 17.4 Å². The van der Waals surface area contributed by atoms with E-state index in [-0.39, 0.29) is 11.6 Å². The number of anilines is 1. The van der Waals surface area contributed by atoms with Crippen molar-refractivity contribution < 1.29 is 9.13 Å². The van der Waals surface area contributed by atoms with E-state index in [1.54, 1.807) is 6.07 Å². The van der Waals surface area contributed by atoms with Crippen LogP contribution in [-0.2, 0) is 17.4 Å². The van der Waals surface area contributed by atoms with Crippen LogP contribution in [0.2, 0.25) is 0 Å². The number of benzene rings is 1. The number of hydrogen-bond donors (Lipinski definition) is 1. The molecule has 3 rings (SSSR count). The van der Waals surface area contributed by atoms with Crippen molar-refractivity contribution in [2.75, 3.05) is 12.0 Å². The number of ether oxygens (including phenoxy) is 1. The van der Waals surface area contributed by atoms with Gasteiger partial charge < -0.3 is 14.6 Å². The highest BCUT2D eigenvalue weighted by Crippen LogP contribution is 2.40. The molecule has 6 heteroatoms. The molecule has 1 N–H and O–H groups in total. The molecule has 1 atom stereocenters. The van der Waals surface area contributed by atoms with Gasteiger partial charge in [0.25, 0.3) is 5.17 Å². The standard InChI is InChI=1S/C17H16FN3OS/c1-17(7-8-18)13-9-11(3-5-14(13)20-16(23)22-17)15-6-4-12(10-19)21(15)2/h3-6,9H,7-8H2,1-2H3,(H,20,23). The van der Waals surface area contributed by atoms with Crippen molar-refractivity contribution >= 4 is 23.1 Å². The predicted molar refractivity (Wildman–Crippen MR) is 90.8 cm³/mol. The van der Waals surface area contributed by atoms with E-state index in [2.05, 4.69) is 11.4 Å². The van der Waals surface area contributed by atoms with Gasteiger partial charge in [0.15, 0.2) is 0 Å². The van der Waals surface area contributed by atoms with Gasteiger partial charge in [-0.05, 0) is 49.0 Å². The van der Waals surface area contributed by atoms with Crippen LogP contribution in [0.4, 0.5) is 10.1 Å². The Morgan fingerprint density at radius 2 is 2.17 bits per heavy atom. The van der Waals surface area contributed by atoms with E-state index in [1.807, 2.05) is 42.8 Å². The summed E-state index contributed by atoms with van der Waals surface area (Å²) < 4.78 is 20.5. The van der Waals surface area contributed by atoms with Crippen LogP contribution in [-0.4, -0.2) is 16.4 Å². The first-order valence-electron chi connectivity index (χ1n) is 7.25. The molecule has 0 aliphatic carbocycles. The third-order valence-corrected chi connectivity index (χ3v) is 4.43. The van der Waals surface area contributed by atoms with Gasteiger partial charge in [0.05, 0.1) is 6.67 Å². The number of aromatic nitrogens is 1. The van der Waals surface area contributed by atoms with Crippen molar-refractivity contribution in [3.05, 3.63) is 41.6 Å². The van der Waals surface area contributed by atoms with Gasteiger partial charge in [-0.3, -0.25) is 4.39 Å². The van der Waals surface area contributed by atoms with Crippen LogP contribution in [0, 0.1) is 11.3 Å². The maximum Gasteiger partial charge on any atom is 0.262 e. The van der Waals surface area contributed by atoms with Gasteiger partial charge in [-0.1, -0.05) is 6.07 Å². The molecule has 2 aromatic rings. The summed E-state index contributed by atoms with van der Waals surface area (Å²) >= 11 is 5.12. The molecule has 2 heterocycles. The van der Waals surface area contributed by atoms with E-state index in [4.69, 9.17) is 22.2 Å². The molecule has 1 aliphatic rings. The van der Waals surface area contributed by atoms with Gasteiger partial charge in [-0.15, -0.1) is 0 Å². The van der Waals surface area contributed by atoms with Gasteiger partial charge in [-0.25, -0.2) is 0 Å². The monoisotopic (exact) mass is 329 g/mol. The van der Waals surface area contributed by atoms with E-state index in [0.717, 1.165) is 22.5 Å². The lowest BCUT2D eigenvalue weighted by Crippen LogP contribution is -2.37. The van der Waals surface area contributed by atoms with Crippen LogP contribution in [0.1, 0.15) is 24.6 Å². The van der Waals surface area contributed by atoms with E-state index < -0.39 is 12.3 Å². The molecule has 0 bridgehead atoms. The van der Waals surface area contributed by atoms with Gasteiger partial charge in [0.2, 0.25) is 0 Å². The SMILES string of the molecule is Cn1c(C#N)ccc1-c1ccc2c(c1)C(C)(CCF)OC(=S)N2. The molecule has 0 radical (unpaired) electrons. The smallest absolute Gasteiger partial charge is 0.262 e. The molecule has 1 aromatic heterocycles. The highest BCUT2D eigenvalue weighted by Gasteiger charge is 2.36. The molecule has 0 amide bonds. The lowest BCUT2D eigenvalue weighted by atomic mass is 9.88. The lowest BCUT2D eigenvalue weighted by molar-refractivity contribution is 0.0561. The largest absolute Gasteiger partial charge is 0.459 e. The first-order chi connectivity index (χ1) is 11.0. The quantitative estimate of drug-likeness (QED) is 0.869. The number of nitrogens with zero attached hydrogens (tertiary/aromatic N) is 2. The molecule has 0 saturated carbocycles. The van der Waals surface area contributed by atoms with Crippen molar-refractivity contribution in [2.45, 2.75) is 18.9 Å². The molecule has 23 heavy (non-hydrogen) atoms. The molecule has 0 spiro atoms. The van der Waals surface area contributed by atoms with E-state index in [1.165, 1.54) is 0 Å². The first kappa shape index (κ1) is 15.5. The highest BCUT2D eigenvalue weighted by molar-refractivity contribution is 7.80. The molecule has 1 aliphatic heterocycles. The van der Waals surface area contributed by atoms with Crippen LogP contribution >= 0.6 is 12.2 Å². The third kappa shape index (κ3) is 2.57. The fraction of sp³-hybridized carbons (Fsp3) is 0.294. The zero-order valence-electron chi connectivity index (χ0n) is 12.9. The van der Waals surface area contributed by atoms with Crippen molar-refractivity contribution in [1.29, 1.82) is 5.26 Å². The Morgan fingerprint density at radius 1 is 1.39 bits per heavy atom. The van der Waals surface area contributed by atoms with Gasteiger partial charge >= 0.3 is 0 Å². The molecular formula is C17H16FN3OS. The Bertz CT molecular complexity index is 824. The number of fused-ring (bicyclic) bond motifs is 1. The third-order valence-electron chi connectivity index (χ3n) is 4.25. The maximum atomic E-state index is 13.0. The lowest BCUT2D eigenvalue weighted by Gasteiger charge is -2.37. The van der Waals surface area contributed by atoms with E-state index in [0.29, 0.717) is 5.69 Å². The number of hydrogen-bond acceptors (Lipinski definition) is 3. The van der Waals surface area contributed by atoms with Gasteiger partial charge in [-0.2, -0.15) is 5.26 Å². The number of nitriles is 1. The average Bonchev–Trinajstić information content (AvgIpc) is 2.88. The Labute approximate surface area is 139 Å². The number of halogens is 1. The molecule has 1 aromatic carbocycles.